The second kappa shape index (κ2) is 3.83. The lowest BCUT2D eigenvalue weighted by Gasteiger charge is -2.38. The van der Waals surface area contributed by atoms with E-state index in [-0.39, 0.29) is 5.78 Å². The smallest absolute Gasteiger partial charge is 0.169 e. The molecule has 1 aromatic rings. The molecular formula is C11H14O2S. The molecule has 1 aliphatic rings. The zero-order valence-corrected chi connectivity index (χ0v) is 9.10. The SMILES string of the molecule is COC1(C(=O)Cc2cccs2)CCC1. The Morgan fingerprint density at radius 3 is 2.86 bits per heavy atom. The Kier molecular flexibility index (Phi) is 2.70. The summed E-state index contributed by atoms with van der Waals surface area (Å²) in [6.45, 7) is 0. The number of carbonyl (C=O) groups excluding carboxylic acids is 1. The van der Waals surface area contributed by atoms with Crippen molar-refractivity contribution < 1.29 is 9.53 Å². The summed E-state index contributed by atoms with van der Waals surface area (Å²) in [5.74, 6) is 0.244. The summed E-state index contributed by atoms with van der Waals surface area (Å²) >= 11 is 1.64. The summed E-state index contributed by atoms with van der Waals surface area (Å²) in [6, 6.07) is 3.98. The second-order valence-corrected chi connectivity index (χ2v) is 4.76. The van der Waals surface area contributed by atoms with E-state index >= 15 is 0 Å². The van der Waals surface area contributed by atoms with E-state index in [0.717, 1.165) is 24.1 Å². The maximum atomic E-state index is 11.9. The zero-order chi connectivity index (χ0) is 10.0. The van der Waals surface area contributed by atoms with Gasteiger partial charge in [-0.05, 0) is 30.7 Å². The van der Waals surface area contributed by atoms with Gasteiger partial charge in [-0.1, -0.05) is 6.07 Å². The highest BCUT2D eigenvalue weighted by Crippen LogP contribution is 2.36. The van der Waals surface area contributed by atoms with Crippen LogP contribution in [0.3, 0.4) is 0 Å². The number of thiophene rings is 1. The molecule has 0 amide bonds. The van der Waals surface area contributed by atoms with E-state index in [4.69, 9.17) is 4.74 Å². The summed E-state index contributed by atoms with van der Waals surface area (Å²) in [5, 5.41) is 2.00. The highest BCUT2D eigenvalue weighted by atomic mass is 32.1. The number of Topliss-reactive ketones (excluding diaryl/α,β-unsaturated/α-hetero) is 1. The molecule has 0 aliphatic heterocycles. The predicted octanol–water partition coefficient (Wildman–Crippen LogP) is 2.43. The van der Waals surface area contributed by atoms with Gasteiger partial charge in [0.05, 0.1) is 0 Å². The van der Waals surface area contributed by atoms with Crippen LogP contribution in [0.1, 0.15) is 24.1 Å². The summed E-state index contributed by atoms with van der Waals surface area (Å²) in [6.07, 6.45) is 3.44. The third-order valence-corrected chi connectivity index (χ3v) is 3.85. The van der Waals surface area contributed by atoms with Crippen molar-refractivity contribution in [3.8, 4) is 0 Å². The lowest BCUT2D eigenvalue weighted by molar-refractivity contribution is -0.150. The number of ether oxygens (including phenoxy) is 1. The Morgan fingerprint density at radius 1 is 1.64 bits per heavy atom. The van der Waals surface area contributed by atoms with Gasteiger partial charge in [0, 0.05) is 18.4 Å². The first-order valence-electron chi connectivity index (χ1n) is 4.88. The number of methoxy groups -OCH3 is 1. The standard InChI is InChI=1S/C11H14O2S/c1-13-11(5-3-6-11)10(12)8-9-4-2-7-14-9/h2,4,7H,3,5-6,8H2,1H3. The van der Waals surface area contributed by atoms with Crippen LogP contribution in [0.4, 0.5) is 0 Å². The lowest BCUT2D eigenvalue weighted by Crippen LogP contribution is -2.47. The number of hydrogen-bond acceptors (Lipinski definition) is 3. The van der Waals surface area contributed by atoms with E-state index in [1.165, 1.54) is 0 Å². The van der Waals surface area contributed by atoms with E-state index in [9.17, 15) is 4.79 Å². The summed E-state index contributed by atoms with van der Waals surface area (Å²) in [7, 11) is 1.64. The predicted molar refractivity (Wildman–Crippen MR) is 56.6 cm³/mol. The van der Waals surface area contributed by atoms with Crippen LogP contribution in [-0.4, -0.2) is 18.5 Å². The van der Waals surface area contributed by atoms with Crippen LogP contribution in [0.5, 0.6) is 0 Å². The quantitative estimate of drug-likeness (QED) is 0.763. The molecule has 2 rings (SSSR count). The maximum absolute atomic E-state index is 11.9. The summed E-state index contributed by atoms with van der Waals surface area (Å²) < 4.78 is 5.34. The molecule has 0 aromatic carbocycles. The minimum Gasteiger partial charge on any atom is -0.370 e. The topological polar surface area (TPSA) is 26.3 Å². The lowest BCUT2D eigenvalue weighted by atomic mass is 9.76. The number of ketones is 1. The van der Waals surface area contributed by atoms with Gasteiger partial charge in [-0.2, -0.15) is 0 Å². The van der Waals surface area contributed by atoms with E-state index in [0.29, 0.717) is 6.42 Å². The molecule has 1 heterocycles. The second-order valence-electron chi connectivity index (χ2n) is 3.73. The van der Waals surface area contributed by atoms with Crippen molar-refractivity contribution in [1.82, 2.24) is 0 Å². The fourth-order valence-electron chi connectivity index (χ4n) is 1.83. The number of hydrogen-bond donors (Lipinski definition) is 0. The Bertz CT molecular complexity index is 307. The first kappa shape index (κ1) is 9.87. The molecule has 76 valence electrons. The summed E-state index contributed by atoms with van der Waals surface area (Å²) in [5.41, 5.74) is -0.440. The van der Waals surface area contributed by atoms with Crippen LogP contribution in [0.15, 0.2) is 17.5 Å². The fourth-order valence-corrected chi connectivity index (χ4v) is 2.53. The molecule has 0 bridgehead atoms. The Morgan fingerprint density at radius 2 is 2.43 bits per heavy atom. The molecular weight excluding hydrogens is 196 g/mol. The Labute approximate surface area is 87.9 Å². The Hall–Kier alpha value is -0.670. The van der Waals surface area contributed by atoms with Crippen LogP contribution in [0, 0.1) is 0 Å². The minimum absolute atomic E-state index is 0.244. The van der Waals surface area contributed by atoms with Gasteiger partial charge in [0.1, 0.15) is 5.60 Å². The largest absolute Gasteiger partial charge is 0.370 e. The van der Waals surface area contributed by atoms with Gasteiger partial charge in [-0.3, -0.25) is 4.79 Å². The van der Waals surface area contributed by atoms with Crippen LogP contribution >= 0.6 is 11.3 Å². The van der Waals surface area contributed by atoms with Gasteiger partial charge >= 0.3 is 0 Å². The zero-order valence-electron chi connectivity index (χ0n) is 8.29. The molecule has 0 spiro atoms. The molecule has 0 unspecified atom stereocenters. The van der Waals surface area contributed by atoms with Crippen molar-refractivity contribution in [3.63, 3.8) is 0 Å². The van der Waals surface area contributed by atoms with Crippen molar-refractivity contribution in [2.45, 2.75) is 31.3 Å². The number of rotatable bonds is 4. The monoisotopic (exact) mass is 210 g/mol. The molecule has 0 radical (unpaired) electrons. The van der Waals surface area contributed by atoms with Crippen molar-refractivity contribution in [3.05, 3.63) is 22.4 Å². The van der Waals surface area contributed by atoms with Gasteiger partial charge in [0.25, 0.3) is 0 Å². The Balaban J connectivity index is 2.01. The van der Waals surface area contributed by atoms with Gasteiger partial charge < -0.3 is 4.74 Å². The van der Waals surface area contributed by atoms with Crippen molar-refractivity contribution in [2.24, 2.45) is 0 Å². The summed E-state index contributed by atoms with van der Waals surface area (Å²) in [4.78, 5) is 13.1. The van der Waals surface area contributed by atoms with E-state index in [2.05, 4.69) is 0 Å². The molecule has 0 N–H and O–H groups in total. The molecule has 1 saturated carbocycles. The maximum Gasteiger partial charge on any atom is 0.169 e. The molecule has 14 heavy (non-hydrogen) atoms. The highest BCUT2D eigenvalue weighted by Gasteiger charge is 2.43. The van der Waals surface area contributed by atoms with Gasteiger partial charge in [-0.25, -0.2) is 0 Å². The van der Waals surface area contributed by atoms with Gasteiger partial charge in [-0.15, -0.1) is 11.3 Å². The first-order chi connectivity index (χ1) is 6.77. The molecule has 0 saturated heterocycles. The van der Waals surface area contributed by atoms with Gasteiger partial charge in [0.2, 0.25) is 0 Å². The highest BCUT2D eigenvalue weighted by molar-refractivity contribution is 7.10. The average Bonchev–Trinajstić information content (AvgIpc) is 2.55. The fraction of sp³-hybridized carbons (Fsp3) is 0.545. The first-order valence-corrected chi connectivity index (χ1v) is 5.76. The van der Waals surface area contributed by atoms with Crippen LogP contribution in [-0.2, 0) is 16.0 Å². The molecule has 2 nitrogen and oxygen atoms in total. The normalized spacial score (nSPS) is 18.9. The van der Waals surface area contributed by atoms with Crippen LogP contribution < -0.4 is 0 Å². The van der Waals surface area contributed by atoms with E-state index < -0.39 is 5.60 Å². The average molecular weight is 210 g/mol. The van der Waals surface area contributed by atoms with Crippen LogP contribution in [0.25, 0.3) is 0 Å². The number of carbonyl (C=O) groups is 1. The van der Waals surface area contributed by atoms with Gasteiger partial charge in [0.15, 0.2) is 5.78 Å². The molecule has 3 heteroatoms. The van der Waals surface area contributed by atoms with Crippen molar-refractivity contribution in [1.29, 1.82) is 0 Å². The van der Waals surface area contributed by atoms with E-state index in [1.54, 1.807) is 18.4 Å². The molecule has 0 atom stereocenters. The van der Waals surface area contributed by atoms with Crippen LogP contribution in [0.2, 0.25) is 0 Å². The molecule has 1 aromatic heterocycles. The molecule has 1 fully saturated rings. The van der Waals surface area contributed by atoms with E-state index in [1.807, 2.05) is 17.5 Å². The van der Waals surface area contributed by atoms with Crippen molar-refractivity contribution >= 4 is 17.1 Å². The third-order valence-electron chi connectivity index (χ3n) is 2.98. The van der Waals surface area contributed by atoms with Crippen molar-refractivity contribution in [2.75, 3.05) is 7.11 Å². The minimum atomic E-state index is -0.440. The molecule has 1 aliphatic carbocycles. The third kappa shape index (κ3) is 1.62.